The van der Waals surface area contributed by atoms with Crippen LogP contribution in [0.3, 0.4) is 0 Å². The van der Waals surface area contributed by atoms with Crippen LogP contribution in [0, 0.1) is 0 Å². The normalized spacial score (nSPS) is 11.6. The number of nitrogens with zero attached hydrogens (tertiary/aromatic N) is 3. The summed E-state index contributed by atoms with van der Waals surface area (Å²) < 4.78 is 44.5. The molecule has 0 spiro atoms. The van der Waals surface area contributed by atoms with Gasteiger partial charge in [-0.25, -0.2) is 4.68 Å². The number of halogens is 3. The Morgan fingerprint density at radius 3 is 2.86 bits per heavy atom. The van der Waals surface area contributed by atoms with E-state index >= 15 is 0 Å². The molecule has 1 aromatic heterocycles. The van der Waals surface area contributed by atoms with E-state index in [4.69, 9.17) is 4.74 Å². The number of aromatic nitrogens is 3. The van der Waals surface area contributed by atoms with E-state index in [0.29, 0.717) is 13.1 Å². The highest BCUT2D eigenvalue weighted by molar-refractivity contribution is 5.30. The summed E-state index contributed by atoms with van der Waals surface area (Å²) in [7, 11) is 1.80. The Kier molecular flexibility index (Phi) is 4.79. The van der Waals surface area contributed by atoms with Crippen molar-refractivity contribution in [1.29, 1.82) is 0 Å². The molecule has 0 unspecified atom stereocenters. The van der Waals surface area contributed by atoms with Crippen LogP contribution in [0.15, 0.2) is 30.5 Å². The molecule has 1 aromatic carbocycles. The van der Waals surface area contributed by atoms with Gasteiger partial charge in [0.15, 0.2) is 0 Å². The minimum absolute atomic E-state index is 0.181. The Morgan fingerprint density at radius 1 is 1.33 bits per heavy atom. The largest absolute Gasteiger partial charge is 0.492 e. The lowest BCUT2D eigenvalue weighted by Crippen LogP contribution is -2.10. The van der Waals surface area contributed by atoms with Crippen LogP contribution < -0.4 is 10.1 Å². The van der Waals surface area contributed by atoms with Crippen molar-refractivity contribution < 1.29 is 17.9 Å². The molecular weight excluding hydrogens is 285 g/mol. The van der Waals surface area contributed by atoms with Crippen molar-refractivity contribution in [1.82, 2.24) is 20.3 Å². The van der Waals surface area contributed by atoms with Gasteiger partial charge in [-0.3, -0.25) is 0 Å². The molecule has 8 heteroatoms. The first-order valence-electron chi connectivity index (χ1n) is 6.32. The minimum atomic E-state index is -4.37. The van der Waals surface area contributed by atoms with Gasteiger partial charge in [0.1, 0.15) is 12.4 Å². The van der Waals surface area contributed by atoms with Crippen LogP contribution in [-0.2, 0) is 19.3 Å². The Morgan fingerprint density at radius 2 is 2.14 bits per heavy atom. The monoisotopic (exact) mass is 300 g/mol. The molecule has 2 rings (SSSR count). The number of hydrogen-bond acceptors (Lipinski definition) is 4. The molecule has 2 aromatic rings. The summed E-state index contributed by atoms with van der Waals surface area (Å²) in [5.41, 5.74) is 0.0635. The fourth-order valence-electron chi connectivity index (χ4n) is 1.73. The van der Waals surface area contributed by atoms with Crippen LogP contribution in [0.4, 0.5) is 13.2 Å². The molecule has 0 saturated carbocycles. The Hall–Kier alpha value is -2.09. The summed E-state index contributed by atoms with van der Waals surface area (Å²) in [5, 5.41) is 10.8. The first kappa shape index (κ1) is 15.3. The first-order valence-corrected chi connectivity index (χ1v) is 6.32. The summed E-state index contributed by atoms with van der Waals surface area (Å²) >= 11 is 0. The fraction of sp³-hybridized carbons (Fsp3) is 0.385. The molecular formula is C13H15F3N4O. The van der Waals surface area contributed by atoms with Crippen LogP contribution in [0.25, 0.3) is 0 Å². The van der Waals surface area contributed by atoms with Crippen LogP contribution >= 0.6 is 0 Å². The first-order chi connectivity index (χ1) is 9.99. The maximum absolute atomic E-state index is 12.5. The molecule has 114 valence electrons. The second-order valence-corrected chi connectivity index (χ2v) is 4.38. The quantitative estimate of drug-likeness (QED) is 0.887. The molecule has 0 fully saturated rings. The standard InChI is InChI=1S/C13H15F3N4O/c1-17-8-11-9-20(19-18-11)5-6-21-12-4-2-3-10(7-12)13(14,15)16/h2-4,7,9,17H,5-6,8H2,1H3. The van der Waals surface area contributed by atoms with Gasteiger partial charge in [-0.2, -0.15) is 13.2 Å². The number of nitrogens with one attached hydrogen (secondary N) is 1. The van der Waals surface area contributed by atoms with Crippen LogP contribution in [-0.4, -0.2) is 28.6 Å². The topological polar surface area (TPSA) is 52.0 Å². The lowest BCUT2D eigenvalue weighted by Gasteiger charge is -2.10. The molecule has 1 N–H and O–H groups in total. The van der Waals surface area contributed by atoms with Gasteiger partial charge < -0.3 is 10.1 Å². The van der Waals surface area contributed by atoms with Gasteiger partial charge in [-0.05, 0) is 25.2 Å². The van der Waals surface area contributed by atoms with E-state index in [0.717, 1.165) is 17.8 Å². The molecule has 5 nitrogen and oxygen atoms in total. The molecule has 0 bridgehead atoms. The van der Waals surface area contributed by atoms with Gasteiger partial charge >= 0.3 is 6.18 Å². The molecule has 0 radical (unpaired) electrons. The third-order valence-electron chi connectivity index (χ3n) is 2.69. The van der Waals surface area contributed by atoms with Crippen molar-refractivity contribution in [3.63, 3.8) is 0 Å². The van der Waals surface area contributed by atoms with Gasteiger partial charge in [0.25, 0.3) is 0 Å². The summed E-state index contributed by atoms with van der Waals surface area (Å²) in [5.74, 6) is 0.181. The zero-order valence-electron chi connectivity index (χ0n) is 11.4. The van der Waals surface area contributed by atoms with Gasteiger partial charge in [0.05, 0.1) is 17.8 Å². The minimum Gasteiger partial charge on any atom is -0.492 e. The highest BCUT2D eigenvalue weighted by atomic mass is 19.4. The van der Waals surface area contributed by atoms with E-state index in [1.807, 2.05) is 0 Å². The van der Waals surface area contributed by atoms with Gasteiger partial charge in [0, 0.05) is 12.7 Å². The average molecular weight is 300 g/mol. The lowest BCUT2D eigenvalue weighted by molar-refractivity contribution is -0.137. The van der Waals surface area contributed by atoms with Crippen molar-refractivity contribution >= 4 is 0 Å². The number of alkyl halides is 3. The van der Waals surface area contributed by atoms with Gasteiger partial charge in [-0.1, -0.05) is 11.3 Å². The van der Waals surface area contributed by atoms with E-state index < -0.39 is 11.7 Å². The van der Waals surface area contributed by atoms with E-state index in [1.54, 1.807) is 17.9 Å². The zero-order valence-corrected chi connectivity index (χ0v) is 11.4. The molecule has 0 aliphatic heterocycles. The molecule has 0 aliphatic rings. The van der Waals surface area contributed by atoms with Gasteiger partial charge in [-0.15, -0.1) is 5.10 Å². The Labute approximate surface area is 119 Å². The third kappa shape index (κ3) is 4.45. The smallest absolute Gasteiger partial charge is 0.416 e. The zero-order chi connectivity index (χ0) is 15.3. The van der Waals surface area contributed by atoms with Crippen molar-refractivity contribution in [2.24, 2.45) is 0 Å². The lowest BCUT2D eigenvalue weighted by atomic mass is 10.2. The molecule has 0 atom stereocenters. The number of hydrogen-bond donors (Lipinski definition) is 1. The van der Waals surface area contributed by atoms with Gasteiger partial charge in [0.2, 0.25) is 0 Å². The maximum Gasteiger partial charge on any atom is 0.416 e. The van der Waals surface area contributed by atoms with Crippen molar-refractivity contribution in [2.75, 3.05) is 13.7 Å². The van der Waals surface area contributed by atoms with E-state index in [2.05, 4.69) is 15.6 Å². The molecule has 0 amide bonds. The highest BCUT2D eigenvalue weighted by Gasteiger charge is 2.30. The fourth-order valence-corrected chi connectivity index (χ4v) is 1.73. The predicted octanol–water partition coefficient (Wildman–Crippen LogP) is 2.10. The van der Waals surface area contributed by atoms with Crippen molar-refractivity contribution in [2.45, 2.75) is 19.3 Å². The number of benzene rings is 1. The summed E-state index contributed by atoms with van der Waals surface area (Å²) in [6.45, 7) is 1.23. The molecule has 0 aliphatic carbocycles. The summed E-state index contributed by atoms with van der Waals surface area (Å²) in [6.07, 6.45) is -2.61. The van der Waals surface area contributed by atoms with E-state index in [9.17, 15) is 13.2 Å². The maximum atomic E-state index is 12.5. The Balaban J connectivity index is 1.88. The van der Waals surface area contributed by atoms with Crippen LogP contribution in [0.1, 0.15) is 11.3 Å². The Bertz CT molecular complexity index is 583. The van der Waals surface area contributed by atoms with E-state index in [-0.39, 0.29) is 12.4 Å². The summed E-state index contributed by atoms with van der Waals surface area (Å²) in [4.78, 5) is 0. The van der Waals surface area contributed by atoms with Crippen LogP contribution in [0.2, 0.25) is 0 Å². The second-order valence-electron chi connectivity index (χ2n) is 4.38. The predicted molar refractivity (Wildman–Crippen MR) is 69.7 cm³/mol. The SMILES string of the molecule is CNCc1cn(CCOc2cccc(C(F)(F)F)c2)nn1. The highest BCUT2D eigenvalue weighted by Crippen LogP contribution is 2.31. The van der Waals surface area contributed by atoms with Crippen molar-refractivity contribution in [3.8, 4) is 5.75 Å². The summed E-state index contributed by atoms with van der Waals surface area (Å²) in [6, 6.07) is 4.80. The number of rotatable bonds is 6. The van der Waals surface area contributed by atoms with Crippen molar-refractivity contribution in [3.05, 3.63) is 41.7 Å². The third-order valence-corrected chi connectivity index (χ3v) is 2.69. The molecule has 0 saturated heterocycles. The average Bonchev–Trinajstić information content (AvgIpc) is 2.86. The van der Waals surface area contributed by atoms with Crippen LogP contribution in [0.5, 0.6) is 5.75 Å². The second kappa shape index (κ2) is 6.57. The number of ether oxygens (including phenoxy) is 1. The molecule has 21 heavy (non-hydrogen) atoms. The van der Waals surface area contributed by atoms with E-state index in [1.165, 1.54) is 12.1 Å². The molecule has 1 heterocycles.